The van der Waals surface area contributed by atoms with Crippen LogP contribution in [0.2, 0.25) is 0 Å². The first-order valence-corrected chi connectivity index (χ1v) is 12.4. The van der Waals surface area contributed by atoms with Gasteiger partial charge in [-0.1, -0.05) is 30.3 Å². The van der Waals surface area contributed by atoms with Crippen molar-refractivity contribution in [3.63, 3.8) is 0 Å². The Bertz CT molecular complexity index is 1030. The molecule has 0 unspecified atom stereocenters. The number of sulfonamides is 1. The van der Waals surface area contributed by atoms with E-state index in [4.69, 9.17) is 9.47 Å². The lowest BCUT2D eigenvalue weighted by molar-refractivity contribution is -0.151. The molecule has 1 fully saturated rings. The summed E-state index contributed by atoms with van der Waals surface area (Å²) in [6.45, 7) is 3.22. The normalized spacial score (nSPS) is 14.8. The van der Waals surface area contributed by atoms with Gasteiger partial charge in [-0.25, -0.2) is 8.42 Å². The van der Waals surface area contributed by atoms with Gasteiger partial charge in [0.05, 0.1) is 17.4 Å². The molecule has 1 saturated heterocycles. The molecule has 1 amide bonds. The van der Waals surface area contributed by atoms with Crippen molar-refractivity contribution >= 4 is 21.9 Å². The largest absolute Gasteiger partial charge is 0.484 e. The van der Waals surface area contributed by atoms with E-state index in [-0.39, 0.29) is 35.8 Å². The van der Waals surface area contributed by atoms with Crippen LogP contribution in [-0.4, -0.2) is 62.9 Å². The summed E-state index contributed by atoms with van der Waals surface area (Å²) in [5.74, 6) is -0.124. The first kappa shape index (κ1) is 24.7. The van der Waals surface area contributed by atoms with Crippen LogP contribution in [0, 0.1) is 5.92 Å². The molecule has 0 saturated carbocycles. The van der Waals surface area contributed by atoms with Crippen molar-refractivity contribution in [2.75, 3.05) is 33.4 Å². The van der Waals surface area contributed by atoms with E-state index in [0.29, 0.717) is 38.3 Å². The molecule has 1 heterocycles. The highest BCUT2D eigenvalue weighted by Crippen LogP contribution is 2.21. The van der Waals surface area contributed by atoms with Gasteiger partial charge in [-0.2, -0.15) is 4.31 Å². The third-order valence-corrected chi connectivity index (χ3v) is 7.43. The molecule has 9 heteroatoms. The summed E-state index contributed by atoms with van der Waals surface area (Å²) < 4.78 is 37.6. The van der Waals surface area contributed by atoms with E-state index in [1.807, 2.05) is 30.3 Å². The van der Waals surface area contributed by atoms with E-state index in [1.165, 1.54) is 23.5 Å². The van der Waals surface area contributed by atoms with Gasteiger partial charge in [0.2, 0.25) is 10.0 Å². The highest BCUT2D eigenvalue weighted by Gasteiger charge is 2.28. The first-order chi connectivity index (χ1) is 15.8. The number of esters is 1. The third-order valence-electron chi connectivity index (χ3n) is 5.61. The minimum Gasteiger partial charge on any atom is -0.484 e. The molecule has 178 valence electrons. The highest BCUT2D eigenvalue weighted by molar-refractivity contribution is 7.89. The Hall–Kier alpha value is -2.91. The second-order valence-electron chi connectivity index (χ2n) is 7.91. The maximum Gasteiger partial charge on any atom is 0.309 e. The van der Waals surface area contributed by atoms with Gasteiger partial charge in [0.1, 0.15) is 5.75 Å². The van der Waals surface area contributed by atoms with E-state index in [2.05, 4.69) is 0 Å². The Morgan fingerprint density at radius 3 is 2.27 bits per heavy atom. The number of benzene rings is 2. The first-order valence-electron chi connectivity index (χ1n) is 11.0. The number of ether oxygens (including phenoxy) is 2. The summed E-state index contributed by atoms with van der Waals surface area (Å²) in [7, 11) is -2.12. The molecule has 0 atom stereocenters. The summed E-state index contributed by atoms with van der Waals surface area (Å²) >= 11 is 0. The smallest absolute Gasteiger partial charge is 0.309 e. The molecule has 0 aromatic heterocycles. The maximum absolute atomic E-state index is 12.8. The van der Waals surface area contributed by atoms with E-state index in [9.17, 15) is 18.0 Å². The van der Waals surface area contributed by atoms with Crippen molar-refractivity contribution in [1.82, 2.24) is 9.21 Å². The molecule has 1 aliphatic rings. The maximum atomic E-state index is 12.8. The second-order valence-corrected chi connectivity index (χ2v) is 9.96. The fourth-order valence-corrected chi connectivity index (χ4v) is 4.83. The lowest BCUT2D eigenvalue weighted by atomic mass is 9.97. The predicted octanol–water partition coefficient (Wildman–Crippen LogP) is 2.69. The van der Waals surface area contributed by atoms with Crippen molar-refractivity contribution in [2.24, 2.45) is 5.92 Å². The van der Waals surface area contributed by atoms with Crippen LogP contribution in [0.1, 0.15) is 25.3 Å². The zero-order valence-electron chi connectivity index (χ0n) is 19.0. The lowest BCUT2D eigenvalue weighted by Gasteiger charge is -2.30. The van der Waals surface area contributed by atoms with Gasteiger partial charge in [-0.05, 0) is 49.6 Å². The van der Waals surface area contributed by atoms with Crippen LogP contribution in [0.15, 0.2) is 59.5 Å². The summed E-state index contributed by atoms with van der Waals surface area (Å²) in [5, 5.41) is 0. The Morgan fingerprint density at radius 1 is 1.03 bits per heavy atom. The Kier molecular flexibility index (Phi) is 8.46. The number of piperidine rings is 1. The molecule has 0 aliphatic carbocycles. The standard InChI is InChI=1S/C24H30N2O6S/c1-3-31-24(28)20-13-15-26(16-14-20)23(27)18-32-21-9-11-22(12-10-21)33(29,30)25(2)17-19-7-5-4-6-8-19/h4-12,20H,3,13-18H2,1-2H3. The number of nitrogens with zero attached hydrogens (tertiary/aromatic N) is 2. The Morgan fingerprint density at radius 2 is 1.67 bits per heavy atom. The van der Waals surface area contributed by atoms with Gasteiger partial charge in [0.15, 0.2) is 6.61 Å². The summed E-state index contributed by atoms with van der Waals surface area (Å²) in [4.78, 5) is 26.1. The van der Waals surface area contributed by atoms with Crippen LogP contribution in [0.4, 0.5) is 0 Å². The van der Waals surface area contributed by atoms with Gasteiger partial charge in [0, 0.05) is 26.7 Å². The van der Waals surface area contributed by atoms with E-state index >= 15 is 0 Å². The highest BCUT2D eigenvalue weighted by atomic mass is 32.2. The zero-order chi connectivity index (χ0) is 23.8. The summed E-state index contributed by atoms with van der Waals surface area (Å²) in [5.41, 5.74) is 0.897. The monoisotopic (exact) mass is 474 g/mol. The molecule has 0 bridgehead atoms. The van der Waals surface area contributed by atoms with Crippen LogP contribution in [-0.2, 0) is 30.9 Å². The van der Waals surface area contributed by atoms with Crippen molar-refractivity contribution in [2.45, 2.75) is 31.2 Å². The average Bonchev–Trinajstić information content (AvgIpc) is 2.83. The topological polar surface area (TPSA) is 93.2 Å². The van der Waals surface area contributed by atoms with Crippen molar-refractivity contribution in [3.8, 4) is 5.75 Å². The molecule has 0 spiro atoms. The van der Waals surface area contributed by atoms with Gasteiger partial charge in [-0.3, -0.25) is 9.59 Å². The molecule has 2 aromatic carbocycles. The molecule has 0 radical (unpaired) electrons. The molecular formula is C24H30N2O6S. The van der Waals surface area contributed by atoms with Crippen molar-refractivity contribution in [3.05, 3.63) is 60.2 Å². The zero-order valence-corrected chi connectivity index (χ0v) is 19.8. The SMILES string of the molecule is CCOC(=O)C1CCN(C(=O)COc2ccc(S(=O)(=O)N(C)Cc3ccccc3)cc2)CC1. The molecule has 33 heavy (non-hydrogen) atoms. The van der Waals surface area contributed by atoms with Crippen LogP contribution >= 0.6 is 0 Å². The number of amides is 1. The molecule has 2 aromatic rings. The van der Waals surface area contributed by atoms with E-state index < -0.39 is 10.0 Å². The number of likely N-dealkylation sites (tertiary alicyclic amines) is 1. The number of hydrogen-bond donors (Lipinski definition) is 0. The van der Waals surface area contributed by atoms with Gasteiger partial charge < -0.3 is 14.4 Å². The van der Waals surface area contributed by atoms with E-state index in [0.717, 1.165) is 5.56 Å². The number of carbonyl (C=O) groups excluding carboxylic acids is 2. The van der Waals surface area contributed by atoms with Crippen LogP contribution in [0.5, 0.6) is 5.75 Å². The molecule has 1 aliphatic heterocycles. The lowest BCUT2D eigenvalue weighted by Crippen LogP contribution is -2.42. The fraction of sp³-hybridized carbons (Fsp3) is 0.417. The molecule has 8 nitrogen and oxygen atoms in total. The fourth-order valence-electron chi connectivity index (χ4n) is 3.67. The van der Waals surface area contributed by atoms with Crippen LogP contribution in [0.3, 0.4) is 0 Å². The van der Waals surface area contributed by atoms with Crippen LogP contribution in [0.25, 0.3) is 0 Å². The van der Waals surface area contributed by atoms with E-state index in [1.54, 1.807) is 24.0 Å². The Balaban J connectivity index is 1.50. The minimum atomic E-state index is -3.65. The molecular weight excluding hydrogens is 444 g/mol. The van der Waals surface area contributed by atoms with Gasteiger partial charge in [0.25, 0.3) is 5.91 Å². The molecule has 3 rings (SSSR count). The number of rotatable bonds is 9. The van der Waals surface area contributed by atoms with Crippen LogP contribution < -0.4 is 4.74 Å². The third kappa shape index (κ3) is 6.55. The van der Waals surface area contributed by atoms with Gasteiger partial charge >= 0.3 is 5.97 Å². The van der Waals surface area contributed by atoms with Crippen molar-refractivity contribution in [1.29, 1.82) is 0 Å². The summed E-state index contributed by atoms with van der Waals surface area (Å²) in [6.07, 6.45) is 1.15. The Labute approximate surface area is 195 Å². The predicted molar refractivity (Wildman–Crippen MR) is 123 cm³/mol. The average molecular weight is 475 g/mol. The quantitative estimate of drug-likeness (QED) is 0.519. The van der Waals surface area contributed by atoms with Gasteiger partial charge in [-0.15, -0.1) is 0 Å². The number of hydrogen-bond acceptors (Lipinski definition) is 6. The second kappa shape index (κ2) is 11.3. The minimum absolute atomic E-state index is 0.149. The summed E-state index contributed by atoms with van der Waals surface area (Å²) in [6, 6.07) is 15.4. The number of carbonyl (C=O) groups is 2. The van der Waals surface area contributed by atoms with Crippen molar-refractivity contribution < 1.29 is 27.5 Å². The molecule has 0 N–H and O–H groups in total.